The number of aromatic nitrogens is 2. The second-order valence-corrected chi connectivity index (χ2v) is 7.14. The predicted molar refractivity (Wildman–Crippen MR) is 96.1 cm³/mol. The lowest BCUT2D eigenvalue weighted by Gasteiger charge is -2.31. The second-order valence-electron chi connectivity index (χ2n) is 7.14. The highest BCUT2D eigenvalue weighted by molar-refractivity contribution is 5.87. The number of hydrogen-bond donors (Lipinski definition) is 1. The van der Waals surface area contributed by atoms with Gasteiger partial charge in [0.05, 0.1) is 24.9 Å². The quantitative estimate of drug-likeness (QED) is 0.778. The predicted octanol–water partition coefficient (Wildman–Crippen LogP) is 3.62. The molecule has 1 unspecified atom stereocenters. The maximum absolute atomic E-state index is 14.9. The van der Waals surface area contributed by atoms with Crippen LogP contribution in [0.15, 0.2) is 42.7 Å². The van der Waals surface area contributed by atoms with Crippen LogP contribution < -0.4 is 0 Å². The SMILES string of the molecule is Cc1ccc2c(c1)c1c(n2CC(O)c2cccnc2)C(F)(F)CN(C)C1. The van der Waals surface area contributed by atoms with Gasteiger partial charge in [0.1, 0.15) is 0 Å². The van der Waals surface area contributed by atoms with Crippen molar-refractivity contribution in [1.29, 1.82) is 0 Å². The van der Waals surface area contributed by atoms with Gasteiger partial charge in [-0.25, -0.2) is 0 Å². The zero-order valence-electron chi connectivity index (χ0n) is 14.8. The molecule has 0 aliphatic carbocycles. The molecule has 6 heteroatoms. The smallest absolute Gasteiger partial charge is 0.300 e. The number of benzene rings is 1. The van der Waals surface area contributed by atoms with E-state index in [1.165, 1.54) is 0 Å². The molecule has 26 heavy (non-hydrogen) atoms. The molecule has 3 heterocycles. The van der Waals surface area contributed by atoms with Crippen molar-refractivity contribution in [2.75, 3.05) is 13.6 Å². The van der Waals surface area contributed by atoms with Gasteiger partial charge in [0, 0.05) is 41.0 Å². The number of nitrogens with zero attached hydrogens (tertiary/aromatic N) is 3. The Bertz CT molecular complexity index is 953. The number of likely N-dealkylation sites (N-methyl/N-ethyl adjacent to an activating group) is 1. The highest BCUT2D eigenvalue weighted by Crippen LogP contribution is 2.42. The van der Waals surface area contributed by atoms with E-state index in [1.807, 2.05) is 25.1 Å². The molecule has 1 aliphatic rings. The van der Waals surface area contributed by atoms with Gasteiger partial charge < -0.3 is 9.67 Å². The summed E-state index contributed by atoms with van der Waals surface area (Å²) in [4.78, 5) is 5.66. The van der Waals surface area contributed by atoms with Crippen molar-refractivity contribution in [3.8, 4) is 0 Å². The Balaban J connectivity index is 1.89. The molecule has 2 aromatic heterocycles. The van der Waals surface area contributed by atoms with Crippen molar-refractivity contribution < 1.29 is 13.9 Å². The van der Waals surface area contributed by atoms with Gasteiger partial charge in [-0.1, -0.05) is 17.7 Å². The molecule has 1 N–H and O–H groups in total. The molecule has 1 aliphatic heterocycles. The molecule has 0 saturated carbocycles. The molecule has 0 fully saturated rings. The highest BCUT2D eigenvalue weighted by atomic mass is 19.3. The fraction of sp³-hybridized carbons (Fsp3) is 0.350. The molecule has 1 atom stereocenters. The van der Waals surface area contributed by atoms with E-state index < -0.39 is 12.0 Å². The summed E-state index contributed by atoms with van der Waals surface area (Å²) in [5.74, 6) is -2.97. The minimum atomic E-state index is -2.97. The minimum Gasteiger partial charge on any atom is -0.386 e. The summed E-state index contributed by atoms with van der Waals surface area (Å²) in [6.45, 7) is 2.18. The summed E-state index contributed by atoms with van der Waals surface area (Å²) < 4.78 is 31.5. The standard InChI is InChI=1S/C20H21F2N3O/c1-13-5-6-17-15(8-13)16-10-24(2)12-20(21,22)19(16)25(17)11-18(26)14-4-3-7-23-9-14/h3-9,18,26H,10-12H2,1-2H3. The number of aryl methyl sites for hydroxylation is 1. The lowest BCUT2D eigenvalue weighted by Crippen LogP contribution is -2.39. The summed E-state index contributed by atoms with van der Waals surface area (Å²) in [6.07, 6.45) is 2.29. The Morgan fingerprint density at radius 3 is 2.85 bits per heavy atom. The van der Waals surface area contributed by atoms with Crippen molar-refractivity contribution in [2.45, 2.75) is 32.0 Å². The van der Waals surface area contributed by atoms with E-state index >= 15 is 0 Å². The first-order valence-corrected chi connectivity index (χ1v) is 8.63. The van der Waals surface area contributed by atoms with Crippen LogP contribution in [0.3, 0.4) is 0 Å². The van der Waals surface area contributed by atoms with Crippen LogP contribution in [0.5, 0.6) is 0 Å². The van der Waals surface area contributed by atoms with Gasteiger partial charge in [-0.15, -0.1) is 0 Å². The first kappa shape index (κ1) is 17.1. The van der Waals surface area contributed by atoms with E-state index in [0.29, 0.717) is 17.7 Å². The largest absolute Gasteiger partial charge is 0.386 e. The Hall–Kier alpha value is -2.31. The van der Waals surface area contributed by atoms with Crippen molar-refractivity contribution >= 4 is 10.9 Å². The summed E-state index contributed by atoms with van der Waals surface area (Å²) >= 11 is 0. The average molecular weight is 357 g/mol. The highest BCUT2D eigenvalue weighted by Gasteiger charge is 2.43. The second kappa shape index (κ2) is 6.14. The molecule has 0 bridgehead atoms. The fourth-order valence-electron chi connectivity index (χ4n) is 3.90. The maximum atomic E-state index is 14.9. The van der Waals surface area contributed by atoms with Crippen molar-refractivity contribution in [3.63, 3.8) is 0 Å². The number of pyridine rings is 1. The number of aliphatic hydroxyl groups excluding tert-OH is 1. The molecule has 0 spiro atoms. The molecule has 4 nitrogen and oxygen atoms in total. The van der Waals surface area contributed by atoms with E-state index in [-0.39, 0.29) is 18.8 Å². The molecule has 136 valence electrons. The Kier molecular flexibility index (Phi) is 4.04. The third-order valence-electron chi connectivity index (χ3n) is 4.99. The number of rotatable bonds is 3. The van der Waals surface area contributed by atoms with E-state index in [9.17, 15) is 13.9 Å². The van der Waals surface area contributed by atoms with Crippen LogP contribution in [-0.4, -0.2) is 33.1 Å². The van der Waals surface area contributed by atoms with Crippen LogP contribution in [0, 0.1) is 6.92 Å². The van der Waals surface area contributed by atoms with Gasteiger partial charge in [-0.2, -0.15) is 8.78 Å². The molecule has 0 saturated heterocycles. The van der Waals surface area contributed by atoms with Crippen LogP contribution in [0.4, 0.5) is 8.78 Å². The number of aliphatic hydroxyl groups is 1. The molecule has 0 radical (unpaired) electrons. The van der Waals surface area contributed by atoms with Crippen LogP contribution >= 0.6 is 0 Å². The third-order valence-corrected chi connectivity index (χ3v) is 4.99. The zero-order chi connectivity index (χ0) is 18.5. The van der Waals surface area contributed by atoms with Crippen LogP contribution in [-0.2, 0) is 19.0 Å². The number of hydrogen-bond acceptors (Lipinski definition) is 3. The van der Waals surface area contributed by atoms with E-state index in [0.717, 1.165) is 16.5 Å². The fourth-order valence-corrected chi connectivity index (χ4v) is 3.90. The summed E-state index contributed by atoms with van der Waals surface area (Å²) in [7, 11) is 1.71. The average Bonchev–Trinajstić information content (AvgIpc) is 2.89. The molecule has 0 amide bonds. The van der Waals surface area contributed by atoms with Crippen LogP contribution in [0.25, 0.3) is 10.9 Å². The van der Waals surface area contributed by atoms with Crippen LogP contribution in [0.1, 0.15) is 28.5 Å². The van der Waals surface area contributed by atoms with Crippen molar-refractivity contribution in [3.05, 3.63) is 65.1 Å². The Morgan fingerprint density at radius 2 is 2.12 bits per heavy atom. The molecule has 1 aromatic carbocycles. The molecular weight excluding hydrogens is 336 g/mol. The van der Waals surface area contributed by atoms with E-state index in [4.69, 9.17) is 0 Å². The number of alkyl halides is 2. The van der Waals surface area contributed by atoms with Crippen molar-refractivity contribution in [1.82, 2.24) is 14.5 Å². The first-order chi connectivity index (χ1) is 12.4. The van der Waals surface area contributed by atoms with Gasteiger partial charge in [-0.3, -0.25) is 9.88 Å². The Labute approximate surface area is 150 Å². The summed E-state index contributed by atoms with van der Waals surface area (Å²) in [6, 6.07) is 9.23. The van der Waals surface area contributed by atoms with Crippen LogP contribution in [0.2, 0.25) is 0 Å². The van der Waals surface area contributed by atoms with Gasteiger partial charge >= 0.3 is 5.92 Å². The van der Waals surface area contributed by atoms with E-state index in [2.05, 4.69) is 4.98 Å². The van der Waals surface area contributed by atoms with Gasteiger partial charge in [0.2, 0.25) is 0 Å². The number of halogens is 2. The minimum absolute atomic E-state index is 0.0270. The lowest BCUT2D eigenvalue weighted by molar-refractivity contribution is -0.0530. The van der Waals surface area contributed by atoms with E-state index in [1.54, 1.807) is 41.0 Å². The number of fused-ring (bicyclic) bond motifs is 3. The maximum Gasteiger partial charge on any atom is 0.300 e. The monoisotopic (exact) mass is 357 g/mol. The Morgan fingerprint density at radius 1 is 1.31 bits per heavy atom. The topological polar surface area (TPSA) is 41.3 Å². The normalized spacial score (nSPS) is 18.0. The third kappa shape index (κ3) is 2.79. The summed E-state index contributed by atoms with van der Waals surface area (Å²) in [5, 5.41) is 11.5. The molecular formula is C20H21F2N3O. The van der Waals surface area contributed by atoms with Gasteiger partial charge in [0.25, 0.3) is 0 Å². The lowest BCUT2D eigenvalue weighted by atomic mass is 10.0. The molecule has 3 aromatic rings. The van der Waals surface area contributed by atoms with Gasteiger partial charge in [0.15, 0.2) is 0 Å². The first-order valence-electron chi connectivity index (χ1n) is 8.63. The van der Waals surface area contributed by atoms with Crippen molar-refractivity contribution in [2.24, 2.45) is 0 Å². The molecule has 4 rings (SSSR count). The van der Waals surface area contributed by atoms with Gasteiger partial charge in [-0.05, 0) is 32.2 Å². The summed E-state index contributed by atoms with van der Waals surface area (Å²) in [5.41, 5.74) is 3.06. The zero-order valence-corrected chi connectivity index (χ0v) is 14.8.